The van der Waals surface area contributed by atoms with Crippen molar-refractivity contribution in [3.63, 3.8) is 0 Å². The maximum atomic E-state index is 13.5. The van der Waals surface area contributed by atoms with Crippen molar-refractivity contribution < 1.29 is 28.3 Å². The summed E-state index contributed by atoms with van der Waals surface area (Å²) in [5, 5.41) is 11.7. The van der Waals surface area contributed by atoms with Crippen molar-refractivity contribution >= 4 is 29.1 Å². The summed E-state index contributed by atoms with van der Waals surface area (Å²) in [6.45, 7) is 12.0. The molecule has 0 bridgehead atoms. The minimum Gasteiger partial charge on any atom is -0.507 e. The Morgan fingerprint density at radius 3 is 2.46 bits per heavy atom. The zero-order valence-electron chi connectivity index (χ0n) is 25.3. The Bertz CT molecular complexity index is 1440. The third-order valence-electron chi connectivity index (χ3n) is 7.86. The lowest BCUT2D eigenvalue weighted by Crippen LogP contribution is -2.33. The highest BCUT2D eigenvalue weighted by atomic mass is 16.5. The third-order valence-corrected chi connectivity index (χ3v) is 7.86. The van der Waals surface area contributed by atoms with E-state index in [1.54, 1.807) is 6.92 Å². The molecule has 0 saturated heterocycles. The van der Waals surface area contributed by atoms with E-state index in [0.717, 1.165) is 29.6 Å². The number of aromatic hydroxyl groups is 1. The molecule has 0 aliphatic rings. The van der Waals surface area contributed by atoms with Gasteiger partial charge in [0.15, 0.2) is 5.78 Å². The number of furan rings is 1. The molecule has 0 saturated carbocycles. The van der Waals surface area contributed by atoms with Crippen LogP contribution in [0.3, 0.4) is 0 Å². The first-order valence-corrected chi connectivity index (χ1v) is 14.4. The van der Waals surface area contributed by atoms with Gasteiger partial charge < -0.3 is 18.7 Å². The number of ether oxygens (including phenoxy) is 1. The Labute approximate surface area is 241 Å². The van der Waals surface area contributed by atoms with E-state index in [-0.39, 0.29) is 17.2 Å². The molecule has 2 atom stereocenters. The molecule has 222 valence electrons. The van der Waals surface area contributed by atoms with Crippen molar-refractivity contribution in [3.8, 4) is 5.75 Å². The van der Waals surface area contributed by atoms with Crippen molar-refractivity contribution in [3.05, 3.63) is 63.4 Å². The van der Waals surface area contributed by atoms with Gasteiger partial charge in [-0.3, -0.25) is 4.79 Å². The number of aliphatic imine (C=N–C) groups is 1. The number of carbonyl (C=O) groups is 2. The largest absolute Gasteiger partial charge is 0.507 e. The smallest absolute Gasteiger partial charge is 0.432 e. The summed E-state index contributed by atoms with van der Waals surface area (Å²) in [5.41, 5.74) is 0.329. The van der Waals surface area contributed by atoms with Gasteiger partial charge in [-0.2, -0.15) is 4.99 Å². The molecule has 3 rings (SSSR count). The highest BCUT2D eigenvalue weighted by Gasteiger charge is 2.36. The first-order chi connectivity index (χ1) is 19.3. The number of ketones is 1. The molecule has 41 heavy (non-hydrogen) atoms. The number of rotatable bonds is 13. The lowest BCUT2D eigenvalue weighted by Gasteiger charge is -2.30. The summed E-state index contributed by atoms with van der Waals surface area (Å²) < 4.78 is 16.1. The second-order valence-electron chi connectivity index (χ2n) is 12.1. The zero-order chi connectivity index (χ0) is 30.3. The second kappa shape index (κ2) is 13.8. The van der Waals surface area contributed by atoms with Crippen LogP contribution < -0.4 is 5.63 Å². The molecule has 2 aromatic heterocycles. The summed E-state index contributed by atoms with van der Waals surface area (Å²) >= 11 is 0. The van der Waals surface area contributed by atoms with Crippen molar-refractivity contribution in [2.75, 3.05) is 7.11 Å². The van der Waals surface area contributed by atoms with Gasteiger partial charge in [0.2, 0.25) is 0 Å². The van der Waals surface area contributed by atoms with E-state index in [1.807, 2.05) is 26.8 Å². The van der Waals surface area contributed by atoms with E-state index in [1.165, 1.54) is 25.0 Å². The van der Waals surface area contributed by atoms with Gasteiger partial charge >= 0.3 is 11.7 Å². The van der Waals surface area contributed by atoms with Crippen LogP contribution >= 0.6 is 0 Å². The maximum absolute atomic E-state index is 13.5. The fourth-order valence-corrected chi connectivity index (χ4v) is 4.82. The molecular weight excluding hydrogens is 522 g/mol. The van der Waals surface area contributed by atoms with E-state index in [9.17, 15) is 19.5 Å². The predicted octanol–water partition coefficient (Wildman–Crippen LogP) is 7.88. The normalized spacial score (nSPS) is 13.7. The van der Waals surface area contributed by atoms with Crippen LogP contribution in [0.4, 0.5) is 4.79 Å². The van der Waals surface area contributed by atoms with E-state index < -0.39 is 28.8 Å². The van der Waals surface area contributed by atoms with Crippen LogP contribution in [0.5, 0.6) is 5.75 Å². The Hall–Kier alpha value is -3.68. The van der Waals surface area contributed by atoms with Gasteiger partial charge in [-0.25, -0.2) is 9.59 Å². The zero-order valence-corrected chi connectivity index (χ0v) is 25.3. The molecule has 1 amide bonds. The summed E-state index contributed by atoms with van der Waals surface area (Å²) in [7, 11) is 1.26. The fraction of sp³-hybridized carbons (Fsp3) is 0.515. The van der Waals surface area contributed by atoms with E-state index in [4.69, 9.17) is 8.83 Å². The third kappa shape index (κ3) is 8.41. The minimum absolute atomic E-state index is 0.183. The van der Waals surface area contributed by atoms with Gasteiger partial charge in [-0.05, 0) is 61.1 Å². The highest BCUT2D eigenvalue weighted by Crippen LogP contribution is 2.36. The number of hydrogen-bond acceptors (Lipinski definition) is 7. The molecule has 1 aromatic carbocycles. The standard InChI is InChI=1S/C33H43NO7/c1-20(2)11-12-23-13-14-24-17-25(40-28(24)16-23)19-33(5,6)22(4)30(36)29-26(35)18-27(41-31(29)37)21(3)10-8-9-15-34-32(38)39-7/h13-18,20-22,35H,8-12,19H2,1-7H3. The predicted molar refractivity (Wildman–Crippen MR) is 160 cm³/mol. The number of amides is 1. The van der Waals surface area contributed by atoms with Gasteiger partial charge in [0.25, 0.3) is 0 Å². The van der Waals surface area contributed by atoms with Gasteiger partial charge in [-0.15, -0.1) is 0 Å². The number of hydrogen-bond donors (Lipinski definition) is 1. The molecule has 3 aromatic rings. The molecular formula is C33H43NO7. The van der Waals surface area contributed by atoms with Crippen molar-refractivity contribution in [2.45, 2.75) is 86.0 Å². The Kier molecular flexibility index (Phi) is 10.7. The molecule has 0 radical (unpaired) electrons. The molecule has 0 aliphatic heterocycles. The second-order valence-corrected chi connectivity index (χ2v) is 12.1. The van der Waals surface area contributed by atoms with Crippen LogP contribution in [0.1, 0.15) is 101 Å². The molecule has 2 unspecified atom stereocenters. The quantitative estimate of drug-likeness (QED) is 0.127. The molecule has 2 heterocycles. The summed E-state index contributed by atoms with van der Waals surface area (Å²) in [6, 6.07) is 9.65. The van der Waals surface area contributed by atoms with Crippen LogP contribution in [0.15, 0.2) is 49.0 Å². The number of fused-ring (bicyclic) bond motifs is 1. The van der Waals surface area contributed by atoms with Gasteiger partial charge in [-0.1, -0.05) is 53.7 Å². The minimum atomic E-state index is -0.843. The average Bonchev–Trinajstić information content (AvgIpc) is 3.31. The van der Waals surface area contributed by atoms with Gasteiger partial charge in [0.1, 0.15) is 28.4 Å². The van der Waals surface area contributed by atoms with Crippen LogP contribution in [0.25, 0.3) is 11.0 Å². The first kappa shape index (κ1) is 31.8. The number of Topliss-reactive ketones (excluding diaryl/α,β-unsaturated/α-hetero) is 1. The van der Waals surface area contributed by atoms with Gasteiger partial charge in [0, 0.05) is 35.9 Å². The number of carbonyl (C=O) groups excluding carboxylic acids is 2. The summed E-state index contributed by atoms with van der Waals surface area (Å²) in [6.07, 6.45) is 5.27. The summed E-state index contributed by atoms with van der Waals surface area (Å²) in [5.74, 6) is 0.0800. The highest BCUT2D eigenvalue weighted by molar-refractivity contribution is 6.00. The van der Waals surface area contributed by atoms with Crippen molar-refractivity contribution in [1.29, 1.82) is 0 Å². The SMILES string of the molecule is COC(=O)N=CCCCC(C)c1cc(O)c(C(=O)C(C)C(C)(C)Cc2cc3ccc(CCC(C)C)cc3o2)c(=O)o1. The topological polar surface area (TPSA) is 119 Å². The molecule has 8 heteroatoms. The van der Waals surface area contributed by atoms with Crippen molar-refractivity contribution in [1.82, 2.24) is 0 Å². The molecule has 1 N–H and O–H groups in total. The lowest BCUT2D eigenvalue weighted by molar-refractivity contribution is 0.0805. The molecule has 0 spiro atoms. The number of unbranched alkanes of at least 4 members (excludes halogenated alkanes) is 1. The Balaban J connectivity index is 1.69. The van der Waals surface area contributed by atoms with Gasteiger partial charge in [0.05, 0.1) is 7.11 Å². The summed E-state index contributed by atoms with van der Waals surface area (Å²) in [4.78, 5) is 41.0. The monoisotopic (exact) mass is 565 g/mol. The molecule has 8 nitrogen and oxygen atoms in total. The number of aryl methyl sites for hydroxylation is 1. The van der Waals surface area contributed by atoms with Crippen LogP contribution in [0.2, 0.25) is 0 Å². The van der Waals surface area contributed by atoms with E-state index in [0.29, 0.717) is 37.4 Å². The first-order valence-electron chi connectivity index (χ1n) is 14.4. The number of benzene rings is 1. The van der Waals surface area contributed by atoms with Crippen LogP contribution in [0, 0.1) is 17.3 Å². The maximum Gasteiger partial charge on any atom is 0.432 e. The van der Waals surface area contributed by atoms with E-state index in [2.05, 4.69) is 41.8 Å². The molecule has 0 aliphatic carbocycles. The Morgan fingerprint density at radius 1 is 1.07 bits per heavy atom. The van der Waals surface area contributed by atoms with Crippen molar-refractivity contribution in [2.24, 2.45) is 22.2 Å². The fourth-order valence-electron chi connectivity index (χ4n) is 4.82. The number of nitrogens with zero attached hydrogens (tertiary/aromatic N) is 1. The lowest BCUT2D eigenvalue weighted by atomic mass is 9.73. The molecule has 0 fully saturated rings. The van der Waals surface area contributed by atoms with E-state index >= 15 is 0 Å². The van der Waals surface area contributed by atoms with Crippen LogP contribution in [-0.4, -0.2) is 30.3 Å². The van der Waals surface area contributed by atoms with Crippen LogP contribution in [-0.2, 0) is 17.6 Å². The average molecular weight is 566 g/mol. The number of methoxy groups -OCH3 is 1. The Morgan fingerprint density at radius 2 is 1.80 bits per heavy atom.